The summed E-state index contributed by atoms with van der Waals surface area (Å²) in [7, 11) is 0. The smallest absolute Gasteiger partial charge is 0.237 e. The summed E-state index contributed by atoms with van der Waals surface area (Å²) in [6.07, 6.45) is 4.33. The number of nitrogens with one attached hydrogen (secondary N) is 1. The molecule has 3 N–H and O–H groups in total. The highest BCUT2D eigenvalue weighted by Gasteiger charge is 2.49. The third kappa shape index (κ3) is 1.99. The number of hydrogen-bond donors (Lipinski definition) is 2. The Labute approximate surface area is 82.8 Å². The number of hydrogen-bond acceptors (Lipinski definition) is 3. The molecule has 2 rings (SSSR count). The standard InChI is InChI=1S/C9H16N2OS/c10-8(12)9(3-4-9)11-7-2-1-5-13-6-7/h7,11H,1-6H2,(H2,10,12)/t7-/m0/s1. The molecule has 1 aliphatic carbocycles. The fourth-order valence-electron chi connectivity index (χ4n) is 1.83. The first-order valence-corrected chi connectivity index (χ1v) is 6.04. The van der Waals surface area contributed by atoms with Crippen molar-refractivity contribution >= 4 is 17.7 Å². The van der Waals surface area contributed by atoms with Crippen LogP contribution < -0.4 is 11.1 Å². The Morgan fingerprint density at radius 3 is 2.77 bits per heavy atom. The summed E-state index contributed by atoms with van der Waals surface area (Å²) in [6.45, 7) is 0. The zero-order chi connectivity index (χ0) is 9.31. The van der Waals surface area contributed by atoms with Crippen molar-refractivity contribution in [2.24, 2.45) is 5.73 Å². The number of thioether (sulfide) groups is 1. The molecule has 0 spiro atoms. The van der Waals surface area contributed by atoms with E-state index in [0.29, 0.717) is 6.04 Å². The first kappa shape index (κ1) is 9.34. The van der Waals surface area contributed by atoms with Crippen LogP contribution in [0.5, 0.6) is 0 Å². The van der Waals surface area contributed by atoms with Gasteiger partial charge in [-0.2, -0.15) is 11.8 Å². The average Bonchev–Trinajstić information content (AvgIpc) is 2.87. The van der Waals surface area contributed by atoms with Crippen LogP contribution in [-0.4, -0.2) is 29.0 Å². The number of rotatable bonds is 3. The van der Waals surface area contributed by atoms with E-state index in [0.717, 1.165) is 18.6 Å². The molecule has 0 bridgehead atoms. The van der Waals surface area contributed by atoms with E-state index in [-0.39, 0.29) is 11.4 Å². The normalized spacial score (nSPS) is 31.2. The summed E-state index contributed by atoms with van der Waals surface area (Å²) in [5.74, 6) is 2.24. The molecule has 0 aromatic rings. The van der Waals surface area contributed by atoms with Gasteiger partial charge in [0.2, 0.25) is 5.91 Å². The Morgan fingerprint density at radius 2 is 2.31 bits per heavy atom. The van der Waals surface area contributed by atoms with Crippen LogP contribution in [0.4, 0.5) is 0 Å². The minimum absolute atomic E-state index is 0.164. The van der Waals surface area contributed by atoms with E-state index < -0.39 is 0 Å². The van der Waals surface area contributed by atoms with Gasteiger partial charge in [-0.1, -0.05) is 0 Å². The van der Waals surface area contributed by atoms with Gasteiger partial charge in [0.05, 0.1) is 5.54 Å². The van der Waals surface area contributed by atoms with E-state index in [1.165, 1.54) is 18.6 Å². The molecule has 0 aromatic heterocycles. The lowest BCUT2D eigenvalue weighted by molar-refractivity contribution is -0.121. The lowest BCUT2D eigenvalue weighted by atomic mass is 10.1. The molecule has 0 radical (unpaired) electrons. The molecule has 74 valence electrons. The SMILES string of the molecule is NC(=O)C1(N[C@H]2CCCSC2)CC1. The first-order chi connectivity index (χ1) is 6.23. The van der Waals surface area contributed by atoms with Gasteiger partial charge in [-0.05, 0) is 31.4 Å². The Hall–Kier alpha value is -0.220. The van der Waals surface area contributed by atoms with Gasteiger partial charge < -0.3 is 5.73 Å². The summed E-state index contributed by atoms with van der Waals surface area (Å²) in [6, 6.07) is 0.508. The van der Waals surface area contributed by atoms with Crippen molar-refractivity contribution in [3.63, 3.8) is 0 Å². The summed E-state index contributed by atoms with van der Waals surface area (Å²) in [5.41, 5.74) is 5.02. The van der Waals surface area contributed by atoms with Crippen molar-refractivity contribution in [2.75, 3.05) is 11.5 Å². The molecule has 2 fully saturated rings. The second kappa shape index (κ2) is 3.50. The number of amides is 1. The van der Waals surface area contributed by atoms with Crippen molar-refractivity contribution in [1.82, 2.24) is 5.32 Å². The maximum atomic E-state index is 11.1. The monoisotopic (exact) mass is 200 g/mol. The number of primary amides is 1. The fraction of sp³-hybridized carbons (Fsp3) is 0.889. The van der Waals surface area contributed by atoms with Gasteiger partial charge in [0.15, 0.2) is 0 Å². The summed E-state index contributed by atoms with van der Waals surface area (Å²) >= 11 is 1.97. The van der Waals surface area contributed by atoms with Crippen LogP contribution in [0.15, 0.2) is 0 Å². The average molecular weight is 200 g/mol. The Morgan fingerprint density at radius 1 is 1.54 bits per heavy atom. The van der Waals surface area contributed by atoms with Crippen LogP contribution >= 0.6 is 11.8 Å². The van der Waals surface area contributed by atoms with Gasteiger partial charge >= 0.3 is 0 Å². The molecule has 0 unspecified atom stereocenters. The van der Waals surface area contributed by atoms with Gasteiger partial charge in [0, 0.05) is 11.8 Å². The highest BCUT2D eigenvalue weighted by atomic mass is 32.2. The van der Waals surface area contributed by atoms with E-state index in [4.69, 9.17) is 5.73 Å². The maximum absolute atomic E-state index is 11.1. The van der Waals surface area contributed by atoms with Gasteiger partial charge in [0.25, 0.3) is 0 Å². The third-order valence-corrected chi connectivity index (χ3v) is 4.08. The van der Waals surface area contributed by atoms with Crippen molar-refractivity contribution in [1.29, 1.82) is 0 Å². The van der Waals surface area contributed by atoms with Crippen molar-refractivity contribution in [3.05, 3.63) is 0 Å². The van der Waals surface area contributed by atoms with Gasteiger partial charge in [-0.25, -0.2) is 0 Å². The maximum Gasteiger partial charge on any atom is 0.237 e. The molecule has 2 aliphatic rings. The molecule has 1 atom stereocenters. The minimum atomic E-state index is -0.317. The van der Waals surface area contributed by atoms with Crippen LogP contribution in [0.1, 0.15) is 25.7 Å². The first-order valence-electron chi connectivity index (χ1n) is 4.88. The number of carbonyl (C=O) groups is 1. The summed E-state index contributed by atoms with van der Waals surface area (Å²) in [4.78, 5) is 11.1. The van der Waals surface area contributed by atoms with Crippen molar-refractivity contribution in [2.45, 2.75) is 37.3 Å². The fourth-order valence-corrected chi connectivity index (χ4v) is 2.90. The van der Waals surface area contributed by atoms with Gasteiger partial charge in [-0.3, -0.25) is 10.1 Å². The molecule has 1 aliphatic heterocycles. The van der Waals surface area contributed by atoms with Crippen LogP contribution in [0.2, 0.25) is 0 Å². The molecule has 4 heteroatoms. The summed E-state index contributed by atoms with van der Waals surface area (Å²) in [5, 5.41) is 3.41. The molecule has 3 nitrogen and oxygen atoms in total. The zero-order valence-electron chi connectivity index (χ0n) is 7.71. The molecule has 1 saturated heterocycles. The lowest BCUT2D eigenvalue weighted by Gasteiger charge is -2.26. The Bertz CT molecular complexity index is 210. The highest BCUT2D eigenvalue weighted by molar-refractivity contribution is 7.99. The van der Waals surface area contributed by atoms with E-state index in [2.05, 4.69) is 5.32 Å². The molecular weight excluding hydrogens is 184 g/mol. The Balaban J connectivity index is 1.86. The lowest BCUT2D eigenvalue weighted by Crippen LogP contribution is -2.50. The molecule has 0 aromatic carbocycles. The van der Waals surface area contributed by atoms with Crippen LogP contribution in [0.3, 0.4) is 0 Å². The summed E-state index contributed by atoms with van der Waals surface area (Å²) < 4.78 is 0. The predicted molar refractivity (Wildman–Crippen MR) is 54.6 cm³/mol. The van der Waals surface area contributed by atoms with Gasteiger partial charge in [0.1, 0.15) is 0 Å². The molecule has 1 amide bonds. The molecular formula is C9H16N2OS. The van der Waals surface area contributed by atoms with Crippen molar-refractivity contribution in [3.8, 4) is 0 Å². The molecule has 13 heavy (non-hydrogen) atoms. The number of carbonyl (C=O) groups excluding carboxylic acids is 1. The zero-order valence-corrected chi connectivity index (χ0v) is 8.53. The van der Waals surface area contributed by atoms with Crippen LogP contribution in [-0.2, 0) is 4.79 Å². The largest absolute Gasteiger partial charge is 0.368 e. The van der Waals surface area contributed by atoms with E-state index >= 15 is 0 Å². The van der Waals surface area contributed by atoms with E-state index in [9.17, 15) is 4.79 Å². The van der Waals surface area contributed by atoms with Gasteiger partial charge in [-0.15, -0.1) is 0 Å². The Kier molecular flexibility index (Phi) is 2.51. The molecule has 1 heterocycles. The van der Waals surface area contributed by atoms with E-state index in [1.807, 2.05) is 11.8 Å². The van der Waals surface area contributed by atoms with Crippen LogP contribution in [0.25, 0.3) is 0 Å². The van der Waals surface area contributed by atoms with E-state index in [1.54, 1.807) is 0 Å². The quantitative estimate of drug-likeness (QED) is 0.697. The van der Waals surface area contributed by atoms with Crippen molar-refractivity contribution < 1.29 is 4.79 Å². The second-order valence-corrected chi connectivity index (χ2v) is 5.15. The minimum Gasteiger partial charge on any atom is -0.368 e. The van der Waals surface area contributed by atoms with Crippen LogP contribution in [0, 0.1) is 0 Å². The topological polar surface area (TPSA) is 55.1 Å². The highest BCUT2D eigenvalue weighted by Crippen LogP contribution is 2.36. The predicted octanol–water partition coefficient (Wildman–Crippen LogP) is 0.489. The number of nitrogens with two attached hydrogens (primary N) is 1. The molecule has 1 saturated carbocycles. The third-order valence-electron chi connectivity index (χ3n) is 2.86. The second-order valence-electron chi connectivity index (χ2n) is 4.00.